The maximum absolute atomic E-state index is 2.58. The highest BCUT2D eigenvalue weighted by Gasteiger charge is 2.77. The lowest BCUT2D eigenvalue weighted by atomic mass is 9.81. The topological polar surface area (TPSA) is 6.48 Å². The molecule has 0 radical (unpaired) electrons. The summed E-state index contributed by atoms with van der Waals surface area (Å²) >= 11 is 0. The monoisotopic (exact) mass is 332 g/mol. The lowest BCUT2D eigenvalue weighted by molar-refractivity contribution is 0.192. The van der Waals surface area contributed by atoms with Crippen molar-refractivity contribution in [1.29, 1.82) is 0 Å². The smallest absolute Gasteiger partial charge is 0.112 e. The quantitative estimate of drug-likeness (QED) is 0.664. The highest BCUT2D eigenvalue weighted by Crippen LogP contribution is 2.76. The molecule has 2 nitrogen and oxygen atoms in total. The molecule has 0 saturated heterocycles. The Bertz CT molecular complexity index is 819. The molecule has 25 heavy (non-hydrogen) atoms. The third-order valence-electron chi connectivity index (χ3n) is 7.97. The van der Waals surface area contributed by atoms with Gasteiger partial charge in [-0.15, -0.1) is 0 Å². The zero-order valence-corrected chi connectivity index (χ0v) is 15.7. The molecule has 0 spiro atoms. The van der Waals surface area contributed by atoms with E-state index in [0.29, 0.717) is 23.4 Å². The van der Waals surface area contributed by atoms with Crippen molar-refractivity contribution in [3.63, 3.8) is 0 Å². The predicted molar refractivity (Wildman–Crippen MR) is 104 cm³/mol. The molecular formula is C23H28N2. The molecule has 0 N–H and O–H groups in total. The zero-order chi connectivity index (χ0) is 17.4. The normalized spacial score (nSPS) is 41.0. The molecule has 0 amide bonds. The van der Waals surface area contributed by atoms with Crippen LogP contribution in [0.5, 0.6) is 0 Å². The van der Waals surface area contributed by atoms with Crippen LogP contribution in [0.1, 0.15) is 39.2 Å². The molecule has 4 aliphatic rings. The van der Waals surface area contributed by atoms with Gasteiger partial charge in [-0.1, -0.05) is 63.3 Å². The van der Waals surface area contributed by atoms with Crippen LogP contribution < -0.4 is 4.90 Å². The van der Waals surface area contributed by atoms with E-state index in [1.807, 2.05) is 0 Å². The van der Waals surface area contributed by atoms with Crippen LogP contribution in [0.25, 0.3) is 0 Å². The zero-order valence-electron chi connectivity index (χ0n) is 15.7. The number of anilines is 1. The summed E-state index contributed by atoms with van der Waals surface area (Å²) in [6, 6.07) is 9.07. The minimum absolute atomic E-state index is 0.279. The summed E-state index contributed by atoms with van der Waals surface area (Å²) in [6.07, 6.45) is 14.4. The molecular weight excluding hydrogens is 304 g/mol. The average Bonchev–Trinajstić information content (AvgIpc) is 3.04. The third kappa shape index (κ3) is 1.66. The van der Waals surface area contributed by atoms with Gasteiger partial charge in [0.15, 0.2) is 0 Å². The highest BCUT2D eigenvalue weighted by atomic mass is 15.4. The van der Waals surface area contributed by atoms with Gasteiger partial charge in [0.05, 0.1) is 0 Å². The van der Waals surface area contributed by atoms with Crippen molar-refractivity contribution in [2.45, 2.75) is 45.2 Å². The number of fused-ring (bicyclic) bond motifs is 6. The predicted octanol–water partition coefficient (Wildman–Crippen LogP) is 5.06. The van der Waals surface area contributed by atoms with E-state index < -0.39 is 0 Å². The molecule has 5 atom stereocenters. The fourth-order valence-electron chi connectivity index (χ4n) is 6.08. The van der Waals surface area contributed by atoms with Crippen LogP contribution >= 0.6 is 0 Å². The first kappa shape index (κ1) is 15.3. The molecule has 2 heterocycles. The number of benzene rings is 1. The fraction of sp³-hybridized carbons (Fsp3) is 0.478. The second-order valence-electron chi connectivity index (χ2n) is 8.65. The SMILES string of the molecule is CC1C2(C)c3ccccc3N3C=C(C4C=CCC=CC4)N(C)C3C12C. The van der Waals surface area contributed by atoms with Crippen LogP contribution in [0.3, 0.4) is 0 Å². The number of nitrogens with zero attached hydrogens (tertiary/aromatic N) is 2. The van der Waals surface area contributed by atoms with E-state index in [0.717, 1.165) is 12.8 Å². The lowest BCUT2D eigenvalue weighted by Crippen LogP contribution is -2.50. The number of hydrogen-bond acceptors (Lipinski definition) is 2. The van der Waals surface area contributed by atoms with Gasteiger partial charge in [0.2, 0.25) is 0 Å². The number of para-hydroxylation sites is 1. The van der Waals surface area contributed by atoms with Gasteiger partial charge in [0.1, 0.15) is 6.17 Å². The van der Waals surface area contributed by atoms with E-state index in [1.165, 1.54) is 16.9 Å². The maximum atomic E-state index is 2.58. The van der Waals surface area contributed by atoms with Crippen molar-refractivity contribution < 1.29 is 0 Å². The first-order chi connectivity index (χ1) is 12.0. The largest absolute Gasteiger partial charge is 0.355 e. The lowest BCUT2D eigenvalue weighted by Gasteiger charge is -2.44. The Morgan fingerprint density at radius 1 is 1.08 bits per heavy atom. The number of hydrogen-bond donors (Lipinski definition) is 0. The van der Waals surface area contributed by atoms with Crippen LogP contribution in [0.2, 0.25) is 0 Å². The van der Waals surface area contributed by atoms with Crippen LogP contribution in [-0.2, 0) is 5.41 Å². The van der Waals surface area contributed by atoms with Crippen molar-refractivity contribution >= 4 is 5.69 Å². The van der Waals surface area contributed by atoms with E-state index in [2.05, 4.69) is 92.4 Å². The summed E-state index contributed by atoms with van der Waals surface area (Å²) < 4.78 is 0. The van der Waals surface area contributed by atoms with Crippen LogP contribution in [0, 0.1) is 17.3 Å². The average molecular weight is 332 g/mol. The molecule has 5 rings (SSSR count). The van der Waals surface area contributed by atoms with Gasteiger partial charge in [0, 0.05) is 41.4 Å². The summed E-state index contributed by atoms with van der Waals surface area (Å²) in [5, 5.41) is 0. The Labute approximate surface area is 151 Å². The van der Waals surface area contributed by atoms with Gasteiger partial charge >= 0.3 is 0 Å². The Balaban J connectivity index is 1.64. The molecule has 1 aromatic carbocycles. The second-order valence-corrected chi connectivity index (χ2v) is 8.65. The van der Waals surface area contributed by atoms with Crippen molar-refractivity contribution in [3.05, 3.63) is 66.0 Å². The summed E-state index contributed by atoms with van der Waals surface area (Å²) in [4.78, 5) is 5.14. The summed E-state index contributed by atoms with van der Waals surface area (Å²) in [7, 11) is 2.31. The standard InChI is InChI=1S/C23H28N2/c1-16-22(2)18-13-9-10-14-19(18)25-15-20(17-11-7-5-6-8-12-17)24(4)21(25)23(16,22)3/h5,7-10,12-17,21H,6,11H2,1-4H3. The van der Waals surface area contributed by atoms with Crippen LogP contribution in [0.4, 0.5) is 5.69 Å². The van der Waals surface area contributed by atoms with E-state index >= 15 is 0 Å². The minimum Gasteiger partial charge on any atom is -0.355 e. The van der Waals surface area contributed by atoms with E-state index in [1.54, 1.807) is 0 Å². The summed E-state index contributed by atoms with van der Waals surface area (Å²) in [6.45, 7) is 7.43. The fourth-order valence-corrected chi connectivity index (χ4v) is 6.08. The number of allylic oxidation sites excluding steroid dienone is 4. The van der Waals surface area contributed by atoms with E-state index in [4.69, 9.17) is 0 Å². The molecule has 1 aromatic rings. The first-order valence-corrected chi connectivity index (χ1v) is 9.65. The van der Waals surface area contributed by atoms with Gasteiger partial charge in [-0.05, 0) is 30.4 Å². The van der Waals surface area contributed by atoms with Gasteiger partial charge in [-0.25, -0.2) is 0 Å². The van der Waals surface area contributed by atoms with Gasteiger partial charge in [-0.2, -0.15) is 0 Å². The minimum atomic E-state index is 0.279. The van der Waals surface area contributed by atoms with E-state index in [9.17, 15) is 0 Å². The molecule has 130 valence electrons. The van der Waals surface area contributed by atoms with Crippen molar-refractivity contribution in [3.8, 4) is 0 Å². The molecule has 2 aliphatic carbocycles. The highest BCUT2D eigenvalue weighted by molar-refractivity contribution is 5.69. The number of rotatable bonds is 1. The van der Waals surface area contributed by atoms with Crippen molar-refractivity contribution in [2.24, 2.45) is 17.3 Å². The van der Waals surface area contributed by atoms with Crippen molar-refractivity contribution in [1.82, 2.24) is 4.90 Å². The molecule has 5 unspecified atom stereocenters. The Morgan fingerprint density at radius 2 is 1.88 bits per heavy atom. The third-order valence-corrected chi connectivity index (χ3v) is 7.97. The van der Waals surface area contributed by atoms with Crippen LogP contribution in [-0.4, -0.2) is 18.1 Å². The first-order valence-electron chi connectivity index (χ1n) is 9.65. The Kier molecular flexibility index (Phi) is 2.94. The van der Waals surface area contributed by atoms with Crippen molar-refractivity contribution in [2.75, 3.05) is 11.9 Å². The summed E-state index contributed by atoms with van der Waals surface area (Å²) in [5.41, 5.74) is 4.97. The molecule has 0 bridgehead atoms. The molecule has 0 aromatic heterocycles. The second kappa shape index (κ2) is 4.81. The van der Waals surface area contributed by atoms with Gasteiger partial charge in [0.25, 0.3) is 0 Å². The molecule has 2 aliphatic heterocycles. The molecule has 2 heteroatoms. The molecule has 1 saturated carbocycles. The summed E-state index contributed by atoms with van der Waals surface area (Å²) in [5.74, 6) is 1.18. The Hall–Kier alpha value is -1.96. The van der Waals surface area contributed by atoms with Crippen LogP contribution in [0.15, 0.2) is 60.5 Å². The Morgan fingerprint density at radius 3 is 2.72 bits per heavy atom. The van der Waals surface area contributed by atoms with E-state index in [-0.39, 0.29) is 5.41 Å². The van der Waals surface area contributed by atoms with Gasteiger partial charge < -0.3 is 9.80 Å². The van der Waals surface area contributed by atoms with Gasteiger partial charge in [-0.3, -0.25) is 0 Å². The maximum Gasteiger partial charge on any atom is 0.112 e. The molecule has 1 fully saturated rings.